The number of aromatic nitrogens is 3. The molecule has 0 saturated carbocycles. The molecule has 1 unspecified atom stereocenters. The molecular weight excluding hydrogens is 231 g/mol. The van der Waals surface area contributed by atoms with Crippen LogP contribution in [-0.4, -0.2) is 21.8 Å². The summed E-state index contributed by atoms with van der Waals surface area (Å²) in [6, 6.07) is 1.49. The van der Waals surface area contributed by atoms with Gasteiger partial charge in [0.25, 0.3) is 0 Å². The number of pyridine rings is 1. The topological polar surface area (TPSA) is 42.7 Å². The van der Waals surface area contributed by atoms with E-state index in [1.807, 2.05) is 32.6 Å². The number of halogens is 1. The fourth-order valence-electron chi connectivity index (χ4n) is 2.28. The van der Waals surface area contributed by atoms with Crippen LogP contribution < -0.4 is 5.32 Å². The van der Waals surface area contributed by atoms with Crippen molar-refractivity contribution in [3.05, 3.63) is 46.8 Å². The van der Waals surface area contributed by atoms with Crippen molar-refractivity contribution in [2.75, 3.05) is 7.05 Å². The van der Waals surface area contributed by atoms with E-state index < -0.39 is 0 Å². The van der Waals surface area contributed by atoms with E-state index in [-0.39, 0.29) is 11.9 Å². The predicted octanol–water partition coefficient (Wildman–Crippen LogP) is 1.88. The number of hydrogen-bond acceptors (Lipinski definition) is 3. The van der Waals surface area contributed by atoms with Crippen molar-refractivity contribution in [1.29, 1.82) is 0 Å². The quantitative estimate of drug-likeness (QED) is 0.902. The maximum atomic E-state index is 13.9. The molecule has 0 spiro atoms. The molecule has 96 valence electrons. The van der Waals surface area contributed by atoms with Gasteiger partial charge in [0.2, 0.25) is 0 Å². The molecule has 0 amide bonds. The summed E-state index contributed by atoms with van der Waals surface area (Å²) in [4.78, 5) is 3.78. The van der Waals surface area contributed by atoms with E-state index in [0.717, 1.165) is 17.0 Å². The van der Waals surface area contributed by atoms with Gasteiger partial charge in [0, 0.05) is 30.1 Å². The van der Waals surface area contributed by atoms with Crippen LogP contribution in [0.15, 0.2) is 18.5 Å². The second-order valence-corrected chi connectivity index (χ2v) is 4.33. The van der Waals surface area contributed by atoms with Gasteiger partial charge in [-0.25, -0.2) is 4.39 Å². The van der Waals surface area contributed by atoms with Crippen molar-refractivity contribution in [3.63, 3.8) is 0 Å². The van der Waals surface area contributed by atoms with Crippen LogP contribution in [-0.2, 0) is 7.05 Å². The third kappa shape index (κ3) is 2.01. The van der Waals surface area contributed by atoms with Crippen molar-refractivity contribution in [1.82, 2.24) is 20.1 Å². The Bertz CT molecular complexity index is 562. The minimum atomic E-state index is -0.306. The normalized spacial score (nSPS) is 12.7. The third-order valence-electron chi connectivity index (χ3n) is 3.26. The van der Waals surface area contributed by atoms with Crippen LogP contribution in [0.2, 0.25) is 0 Å². The third-order valence-corrected chi connectivity index (χ3v) is 3.26. The largest absolute Gasteiger partial charge is 0.309 e. The van der Waals surface area contributed by atoms with E-state index in [4.69, 9.17) is 0 Å². The molecule has 5 heteroatoms. The highest BCUT2D eigenvalue weighted by Gasteiger charge is 2.22. The second kappa shape index (κ2) is 4.86. The van der Waals surface area contributed by atoms with Gasteiger partial charge in [0.15, 0.2) is 0 Å². The number of nitrogens with one attached hydrogen (secondary N) is 1. The monoisotopic (exact) mass is 248 g/mol. The number of nitrogens with zero attached hydrogens (tertiary/aromatic N) is 3. The van der Waals surface area contributed by atoms with Gasteiger partial charge in [0.05, 0.1) is 17.9 Å². The van der Waals surface area contributed by atoms with Gasteiger partial charge in [-0.1, -0.05) is 0 Å². The van der Waals surface area contributed by atoms with Crippen molar-refractivity contribution >= 4 is 0 Å². The van der Waals surface area contributed by atoms with E-state index in [1.165, 1.54) is 6.20 Å². The fourth-order valence-corrected chi connectivity index (χ4v) is 2.28. The standard InChI is InChI=1S/C13H17FN4/c1-8-12(9(2)18(4)17-8)13(15-3)10-5-6-16-7-11(10)14/h5-7,13,15H,1-4H3. The van der Waals surface area contributed by atoms with Crippen molar-refractivity contribution in [2.45, 2.75) is 19.9 Å². The first-order chi connectivity index (χ1) is 8.56. The van der Waals surface area contributed by atoms with Crippen LogP contribution in [0.3, 0.4) is 0 Å². The maximum absolute atomic E-state index is 13.9. The van der Waals surface area contributed by atoms with Gasteiger partial charge in [-0.15, -0.1) is 0 Å². The molecule has 0 fully saturated rings. The van der Waals surface area contributed by atoms with Gasteiger partial charge in [-0.2, -0.15) is 5.10 Å². The first-order valence-corrected chi connectivity index (χ1v) is 5.83. The Hall–Kier alpha value is -1.75. The molecule has 1 N–H and O–H groups in total. The summed E-state index contributed by atoms with van der Waals surface area (Å²) in [6.07, 6.45) is 2.84. The molecular formula is C13H17FN4. The lowest BCUT2D eigenvalue weighted by Crippen LogP contribution is -2.20. The Morgan fingerprint density at radius 1 is 1.39 bits per heavy atom. The zero-order valence-corrected chi connectivity index (χ0v) is 11.0. The van der Waals surface area contributed by atoms with Crippen molar-refractivity contribution < 1.29 is 4.39 Å². The predicted molar refractivity (Wildman–Crippen MR) is 67.8 cm³/mol. The molecule has 2 rings (SSSR count). The van der Waals surface area contributed by atoms with E-state index in [9.17, 15) is 4.39 Å². The first kappa shape index (κ1) is 12.7. The van der Waals surface area contributed by atoms with Crippen molar-refractivity contribution in [3.8, 4) is 0 Å². The van der Waals surface area contributed by atoms with Gasteiger partial charge in [-0.05, 0) is 27.0 Å². The molecule has 0 radical (unpaired) electrons. The van der Waals surface area contributed by atoms with E-state index >= 15 is 0 Å². The van der Waals surface area contributed by atoms with Gasteiger partial charge in [0.1, 0.15) is 5.82 Å². The van der Waals surface area contributed by atoms with Crippen LogP contribution in [0.25, 0.3) is 0 Å². The molecule has 2 aromatic rings. The lowest BCUT2D eigenvalue weighted by atomic mass is 9.97. The number of hydrogen-bond donors (Lipinski definition) is 1. The molecule has 0 aromatic carbocycles. The fraction of sp³-hybridized carbons (Fsp3) is 0.385. The molecule has 1 atom stereocenters. The SMILES string of the molecule is CNC(c1ccncc1F)c1c(C)nn(C)c1C. The highest BCUT2D eigenvalue weighted by atomic mass is 19.1. The zero-order chi connectivity index (χ0) is 13.3. The minimum absolute atomic E-state index is 0.207. The highest BCUT2D eigenvalue weighted by Crippen LogP contribution is 2.28. The Labute approximate surface area is 106 Å². The Balaban J connectivity index is 2.56. The average Bonchev–Trinajstić information content (AvgIpc) is 2.59. The number of aryl methyl sites for hydroxylation is 2. The van der Waals surface area contributed by atoms with Crippen LogP contribution in [0, 0.1) is 19.7 Å². The van der Waals surface area contributed by atoms with Gasteiger partial charge < -0.3 is 5.32 Å². The van der Waals surface area contributed by atoms with Crippen LogP contribution in [0.4, 0.5) is 4.39 Å². The summed E-state index contributed by atoms with van der Waals surface area (Å²) in [7, 11) is 3.71. The summed E-state index contributed by atoms with van der Waals surface area (Å²) in [5, 5.41) is 7.52. The number of rotatable bonds is 3. The summed E-state index contributed by atoms with van der Waals surface area (Å²) in [6.45, 7) is 3.92. The van der Waals surface area contributed by atoms with E-state index in [1.54, 1.807) is 12.3 Å². The molecule has 18 heavy (non-hydrogen) atoms. The molecule has 2 aromatic heterocycles. The van der Waals surface area contributed by atoms with Gasteiger partial charge >= 0.3 is 0 Å². The first-order valence-electron chi connectivity index (χ1n) is 5.83. The minimum Gasteiger partial charge on any atom is -0.309 e. The van der Waals surface area contributed by atoms with Gasteiger partial charge in [-0.3, -0.25) is 9.67 Å². The summed E-state index contributed by atoms with van der Waals surface area (Å²) in [5.41, 5.74) is 3.55. The molecule has 2 heterocycles. The molecule has 0 aliphatic heterocycles. The zero-order valence-electron chi connectivity index (χ0n) is 11.0. The molecule has 4 nitrogen and oxygen atoms in total. The summed E-state index contributed by atoms with van der Waals surface area (Å²) in [5.74, 6) is -0.306. The summed E-state index contributed by atoms with van der Waals surface area (Å²) >= 11 is 0. The van der Waals surface area contributed by atoms with E-state index in [2.05, 4.69) is 15.4 Å². The smallest absolute Gasteiger partial charge is 0.146 e. The lowest BCUT2D eigenvalue weighted by molar-refractivity contribution is 0.568. The highest BCUT2D eigenvalue weighted by molar-refractivity contribution is 5.36. The second-order valence-electron chi connectivity index (χ2n) is 4.33. The Morgan fingerprint density at radius 3 is 2.61 bits per heavy atom. The van der Waals surface area contributed by atoms with Crippen LogP contribution >= 0.6 is 0 Å². The molecule has 0 aliphatic carbocycles. The van der Waals surface area contributed by atoms with Crippen LogP contribution in [0.5, 0.6) is 0 Å². The lowest BCUT2D eigenvalue weighted by Gasteiger charge is -2.18. The average molecular weight is 248 g/mol. The molecule has 0 saturated heterocycles. The molecule has 0 bridgehead atoms. The van der Waals surface area contributed by atoms with E-state index in [0.29, 0.717) is 5.56 Å². The Morgan fingerprint density at radius 2 is 2.11 bits per heavy atom. The maximum Gasteiger partial charge on any atom is 0.146 e. The Kier molecular flexibility index (Phi) is 3.43. The summed E-state index contributed by atoms with van der Waals surface area (Å²) < 4.78 is 15.7. The van der Waals surface area contributed by atoms with Crippen molar-refractivity contribution in [2.24, 2.45) is 7.05 Å². The van der Waals surface area contributed by atoms with Crippen LogP contribution in [0.1, 0.15) is 28.6 Å². The molecule has 0 aliphatic rings.